The van der Waals surface area contributed by atoms with Gasteiger partial charge in [0.1, 0.15) is 0 Å². The molecule has 0 unspecified atom stereocenters. The van der Waals surface area contributed by atoms with Crippen LogP contribution in [-0.4, -0.2) is 31.7 Å². The smallest absolute Gasteiger partial charge is 0.337 e. The third-order valence-corrected chi connectivity index (χ3v) is 4.53. The van der Waals surface area contributed by atoms with Crippen molar-refractivity contribution >= 4 is 35.9 Å². The molecule has 0 bridgehead atoms. The third-order valence-electron chi connectivity index (χ3n) is 4.53. The standard InChI is InChI=1S/C24H21NO5/c1-29-22-13-11-19(15-23(22)30-2)25(16-26)21-12-10-18(14-20(21)24(27)28)9-8-17-6-4-3-5-7-17/h3-16H,1-2H3,(H,27,28). The number of aromatic carboxylic acids is 1. The van der Waals surface area contributed by atoms with Gasteiger partial charge in [0.15, 0.2) is 11.5 Å². The lowest BCUT2D eigenvalue weighted by molar-refractivity contribution is -0.106. The van der Waals surface area contributed by atoms with Crippen LogP contribution < -0.4 is 14.4 Å². The summed E-state index contributed by atoms with van der Waals surface area (Å²) in [4.78, 5) is 25.0. The number of anilines is 2. The lowest BCUT2D eigenvalue weighted by atomic mass is 10.1. The molecule has 30 heavy (non-hydrogen) atoms. The number of benzene rings is 3. The van der Waals surface area contributed by atoms with Crippen LogP contribution in [0.4, 0.5) is 11.4 Å². The molecule has 0 saturated heterocycles. The molecule has 1 N–H and O–H groups in total. The fourth-order valence-corrected chi connectivity index (χ4v) is 3.03. The van der Waals surface area contributed by atoms with Crippen LogP contribution in [-0.2, 0) is 4.79 Å². The first kappa shape index (κ1) is 20.7. The molecule has 0 aromatic heterocycles. The number of ether oxygens (including phenoxy) is 2. The van der Waals surface area contributed by atoms with Crippen LogP contribution in [0.3, 0.4) is 0 Å². The van der Waals surface area contributed by atoms with Gasteiger partial charge < -0.3 is 14.6 Å². The Hall–Kier alpha value is -4.06. The van der Waals surface area contributed by atoms with E-state index in [0.29, 0.717) is 29.2 Å². The van der Waals surface area contributed by atoms with E-state index in [1.54, 1.807) is 30.3 Å². The number of carbonyl (C=O) groups is 2. The van der Waals surface area contributed by atoms with Crippen molar-refractivity contribution in [1.82, 2.24) is 0 Å². The van der Waals surface area contributed by atoms with Crippen LogP contribution >= 0.6 is 0 Å². The maximum absolute atomic E-state index is 11.9. The molecule has 0 aliphatic rings. The van der Waals surface area contributed by atoms with Crippen LogP contribution in [0.15, 0.2) is 66.7 Å². The lowest BCUT2D eigenvalue weighted by Gasteiger charge is -2.21. The van der Waals surface area contributed by atoms with Crippen LogP contribution in [0.1, 0.15) is 21.5 Å². The Kier molecular flexibility index (Phi) is 6.49. The number of hydrogen-bond acceptors (Lipinski definition) is 4. The number of nitrogens with zero attached hydrogens (tertiary/aromatic N) is 1. The second-order valence-corrected chi connectivity index (χ2v) is 6.34. The first-order valence-electron chi connectivity index (χ1n) is 9.14. The van der Waals surface area contributed by atoms with Crippen molar-refractivity contribution in [2.45, 2.75) is 0 Å². The SMILES string of the molecule is COc1ccc(N(C=O)c2ccc(C=Cc3ccccc3)cc2C(=O)O)cc1OC. The zero-order chi connectivity index (χ0) is 21.5. The fraction of sp³-hybridized carbons (Fsp3) is 0.0833. The normalized spacial score (nSPS) is 10.6. The summed E-state index contributed by atoms with van der Waals surface area (Å²) in [5.74, 6) is -0.194. The van der Waals surface area contributed by atoms with Crippen LogP contribution in [0.2, 0.25) is 0 Å². The largest absolute Gasteiger partial charge is 0.493 e. The van der Waals surface area contributed by atoms with E-state index in [2.05, 4.69) is 0 Å². The summed E-state index contributed by atoms with van der Waals surface area (Å²) in [5.41, 5.74) is 2.42. The van der Waals surface area contributed by atoms with E-state index in [4.69, 9.17) is 9.47 Å². The van der Waals surface area contributed by atoms with Crippen molar-refractivity contribution in [2.75, 3.05) is 19.1 Å². The summed E-state index contributed by atoms with van der Waals surface area (Å²) >= 11 is 0. The van der Waals surface area contributed by atoms with Gasteiger partial charge in [-0.15, -0.1) is 0 Å². The van der Waals surface area contributed by atoms with Gasteiger partial charge in [-0.05, 0) is 35.4 Å². The minimum absolute atomic E-state index is 0.00657. The number of carboxylic acids is 1. The van der Waals surface area contributed by atoms with Crippen molar-refractivity contribution < 1.29 is 24.2 Å². The molecule has 0 heterocycles. The van der Waals surface area contributed by atoms with Gasteiger partial charge in [-0.1, -0.05) is 48.6 Å². The number of rotatable bonds is 8. The van der Waals surface area contributed by atoms with E-state index in [0.717, 1.165) is 5.56 Å². The Morgan fingerprint density at radius 1 is 0.867 bits per heavy atom. The zero-order valence-corrected chi connectivity index (χ0v) is 16.6. The molecular weight excluding hydrogens is 382 g/mol. The summed E-state index contributed by atoms with van der Waals surface area (Å²) in [6.45, 7) is 0. The lowest BCUT2D eigenvalue weighted by Crippen LogP contribution is -2.18. The van der Waals surface area contributed by atoms with Crippen LogP contribution in [0.25, 0.3) is 12.2 Å². The molecule has 6 nitrogen and oxygen atoms in total. The molecule has 1 amide bonds. The average molecular weight is 403 g/mol. The van der Waals surface area contributed by atoms with Gasteiger partial charge in [-0.3, -0.25) is 9.69 Å². The maximum Gasteiger partial charge on any atom is 0.337 e. The van der Waals surface area contributed by atoms with Crippen molar-refractivity contribution in [3.8, 4) is 11.5 Å². The monoisotopic (exact) mass is 403 g/mol. The highest BCUT2D eigenvalue weighted by Gasteiger charge is 2.19. The summed E-state index contributed by atoms with van der Waals surface area (Å²) < 4.78 is 10.5. The van der Waals surface area contributed by atoms with Gasteiger partial charge in [-0.2, -0.15) is 0 Å². The quantitative estimate of drug-likeness (QED) is 0.429. The fourth-order valence-electron chi connectivity index (χ4n) is 3.03. The topological polar surface area (TPSA) is 76.1 Å². The molecule has 3 aromatic carbocycles. The van der Waals surface area contributed by atoms with Crippen molar-refractivity contribution in [3.63, 3.8) is 0 Å². The first-order valence-corrected chi connectivity index (χ1v) is 9.14. The van der Waals surface area contributed by atoms with E-state index in [1.807, 2.05) is 42.5 Å². The molecule has 3 rings (SSSR count). The third kappa shape index (κ3) is 4.50. The summed E-state index contributed by atoms with van der Waals surface area (Å²) in [7, 11) is 3.00. The van der Waals surface area contributed by atoms with Gasteiger partial charge in [0.05, 0.1) is 31.2 Å². The van der Waals surface area contributed by atoms with E-state index in [1.165, 1.54) is 25.2 Å². The van der Waals surface area contributed by atoms with E-state index < -0.39 is 5.97 Å². The summed E-state index contributed by atoms with van der Waals surface area (Å²) in [6.07, 6.45) is 4.29. The molecular formula is C24H21NO5. The predicted molar refractivity (Wildman–Crippen MR) is 117 cm³/mol. The molecule has 0 atom stereocenters. The van der Waals surface area contributed by atoms with Gasteiger partial charge in [-0.25, -0.2) is 4.79 Å². The Labute approximate surface area is 174 Å². The molecule has 0 saturated carbocycles. The Bertz CT molecular complexity index is 1080. The van der Waals surface area contributed by atoms with Crippen molar-refractivity contribution in [1.29, 1.82) is 0 Å². The van der Waals surface area contributed by atoms with E-state index >= 15 is 0 Å². The molecule has 0 aliphatic carbocycles. The maximum atomic E-state index is 11.9. The Balaban J connectivity index is 2.00. The van der Waals surface area contributed by atoms with Crippen molar-refractivity contribution in [3.05, 3.63) is 83.4 Å². The second kappa shape index (κ2) is 9.43. The van der Waals surface area contributed by atoms with E-state index in [9.17, 15) is 14.7 Å². The number of methoxy groups -OCH3 is 2. The molecule has 152 valence electrons. The Morgan fingerprint density at radius 2 is 1.57 bits per heavy atom. The Morgan fingerprint density at radius 3 is 2.20 bits per heavy atom. The van der Waals surface area contributed by atoms with Crippen molar-refractivity contribution in [2.24, 2.45) is 0 Å². The number of hydrogen-bond donors (Lipinski definition) is 1. The minimum Gasteiger partial charge on any atom is -0.493 e. The molecule has 0 fully saturated rings. The van der Waals surface area contributed by atoms with Gasteiger partial charge in [0.2, 0.25) is 6.41 Å². The molecule has 6 heteroatoms. The number of carbonyl (C=O) groups excluding carboxylic acids is 1. The van der Waals surface area contributed by atoms with Crippen LogP contribution in [0, 0.1) is 0 Å². The van der Waals surface area contributed by atoms with Gasteiger partial charge >= 0.3 is 5.97 Å². The second-order valence-electron chi connectivity index (χ2n) is 6.34. The number of carboxylic acid groups (broad SMARTS) is 1. The van der Waals surface area contributed by atoms with Gasteiger partial charge in [0.25, 0.3) is 0 Å². The highest BCUT2D eigenvalue weighted by Crippen LogP contribution is 2.35. The zero-order valence-electron chi connectivity index (χ0n) is 16.6. The molecule has 0 spiro atoms. The molecule has 0 aliphatic heterocycles. The van der Waals surface area contributed by atoms with E-state index in [-0.39, 0.29) is 11.3 Å². The summed E-state index contributed by atoms with van der Waals surface area (Å²) in [6, 6.07) is 19.5. The van der Waals surface area contributed by atoms with Gasteiger partial charge in [0, 0.05) is 6.07 Å². The van der Waals surface area contributed by atoms with Crippen LogP contribution in [0.5, 0.6) is 11.5 Å². The highest BCUT2D eigenvalue weighted by molar-refractivity contribution is 6.01. The highest BCUT2D eigenvalue weighted by atomic mass is 16.5. The molecule has 0 radical (unpaired) electrons. The summed E-state index contributed by atoms with van der Waals surface area (Å²) in [5, 5.41) is 9.74. The average Bonchev–Trinajstić information content (AvgIpc) is 2.79. The first-order chi connectivity index (χ1) is 14.6. The minimum atomic E-state index is -1.13. The predicted octanol–water partition coefficient (Wildman–Crippen LogP) is 4.87. The number of amides is 1. The molecule has 3 aromatic rings.